The number of anilines is 1. The van der Waals surface area contributed by atoms with Crippen LogP contribution in [0.3, 0.4) is 0 Å². The lowest BCUT2D eigenvalue weighted by molar-refractivity contribution is 0.364. The second-order valence-corrected chi connectivity index (χ2v) is 2.42. The summed E-state index contributed by atoms with van der Waals surface area (Å²) >= 11 is 0. The van der Waals surface area contributed by atoms with Crippen molar-refractivity contribution in [3.8, 4) is 5.75 Å². The van der Waals surface area contributed by atoms with E-state index >= 15 is 0 Å². The molecular formula is C10H13NO. The van der Waals surface area contributed by atoms with Crippen LogP contribution >= 0.6 is 0 Å². The largest absolute Gasteiger partial charge is 0.487 e. The summed E-state index contributed by atoms with van der Waals surface area (Å²) in [4.78, 5) is 0. The van der Waals surface area contributed by atoms with E-state index in [1.807, 2.05) is 43.3 Å². The first-order chi connectivity index (χ1) is 5.84. The van der Waals surface area contributed by atoms with E-state index in [1.54, 1.807) is 0 Å². The van der Waals surface area contributed by atoms with Gasteiger partial charge in [-0.15, -0.1) is 0 Å². The molecule has 0 saturated heterocycles. The average Bonchev–Trinajstić information content (AvgIpc) is 2.09. The summed E-state index contributed by atoms with van der Waals surface area (Å²) in [6.07, 6.45) is 3.88. The predicted molar refractivity (Wildman–Crippen MR) is 51.2 cm³/mol. The molecule has 0 fully saturated rings. The van der Waals surface area contributed by atoms with Crippen LogP contribution in [0.2, 0.25) is 0 Å². The zero-order chi connectivity index (χ0) is 8.81. The maximum Gasteiger partial charge on any atom is 0.142 e. The fourth-order valence-electron chi connectivity index (χ4n) is 0.846. The van der Waals surface area contributed by atoms with Crippen molar-refractivity contribution >= 4 is 5.69 Å². The number of hydrogen-bond donors (Lipinski definition) is 1. The number of allylic oxidation sites excluding steroid dienone is 1. The van der Waals surface area contributed by atoms with Gasteiger partial charge >= 0.3 is 0 Å². The van der Waals surface area contributed by atoms with Crippen LogP contribution in [-0.2, 0) is 0 Å². The summed E-state index contributed by atoms with van der Waals surface area (Å²) in [5, 5.41) is 0. The van der Waals surface area contributed by atoms with Crippen molar-refractivity contribution in [2.75, 3.05) is 12.3 Å². The Morgan fingerprint density at radius 2 is 2.17 bits per heavy atom. The van der Waals surface area contributed by atoms with Crippen LogP contribution in [0.5, 0.6) is 5.75 Å². The minimum atomic E-state index is 0.574. The van der Waals surface area contributed by atoms with Crippen LogP contribution in [-0.4, -0.2) is 6.61 Å². The Balaban J connectivity index is 2.57. The van der Waals surface area contributed by atoms with Gasteiger partial charge in [0.25, 0.3) is 0 Å². The molecule has 0 atom stereocenters. The molecule has 2 heteroatoms. The van der Waals surface area contributed by atoms with Crippen molar-refractivity contribution in [2.24, 2.45) is 0 Å². The molecule has 0 aliphatic carbocycles. The lowest BCUT2D eigenvalue weighted by atomic mass is 10.3. The maximum absolute atomic E-state index is 5.65. The molecule has 0 unspecified atom stereocenters. The topological polar surface area (TPSA) is 35.2 Å². The van der Waals surface area contributed by atoms with E-state index in [1.165, 1.54) is 0 Å². The van der Waals surface area contributed by atoms with E-state index in [-0.39, 0.29) is 0 Å². The molecule has 0 bridgehead atoms. The van der Waals surface area contributed by atoms with E-state index in [0.29, 0.717) is 12.3 Å². The van der Waals surface area contributed by atoms with Gasteiger partial charge in [0.15, 0.2) is 0 Å². The number of para-hydroxylation sites is 2. The van der Waals surface area contributed by atoms with E-state index in [0.717, 1.165) is 5.75 Å². The second-order valence-electron chi connectivity index (χ2n) is 2.42. The summed E-state index contributed by atoms with van der Waals surface area (Å²) in [7, 11) is 0. The van der Waals surface area contributed by atoms with Crippen LogP contribution in [0.1, 0.15) is 6.92 Å². The zero-order valence-corrected chi connectivity index (χ0v) is 7.16. The van der Waals surface area contributed by atoms with E-state index in [2.05, 4.69) is 0 Å². The number of benzene rings is 1. The maximum atomic E-state index is 5.65. The van der Waals surface area contributed by atoms with Crippen molar-refractivity contribution in [1.29, 1.82) is 0 Å². The number of nitrogens with two attached hydrogens (primary N) is 1. The van der Waals surface area contributed by atoms with Gasteiger partial charge in [0.2, 0.25) is 0 Å². The fraction of sp³-hybridized carbons (Fsp3) is 0.200. The smallest absolute Gasteiger partial charge is 0.142 e. The fourth-order valence-corrected chi connectivity index (χ4v) is 0.846. The normalized spacial score (nSPS) is 10.4. The number of rotatable bonds is 3. The molecule has 0 radical (unpaired) electrons. The molecule has 12 heavy (non-hydrogen) atoms. The van der Waals surface area contributed by atoms with Crippen molar-refractivity contribution in [1.82, 2.24) is 0 Å². The van der Waals surface area contributed by atoms with Gasteiger partial charge in [-0.25, -0.2) is 0 Å². The lowest BCUT2D eigenvalue weighted by Gasteiger charge is -2.04. The van der Waals surface area contributed by atoms with E-state index < -0.39 is 0 Å². The predicted octanol–water partition coefficient (Wildman–Crippen LogP) is 2.22. The highest BCUT2D eigenvalue weighted by Crippen LogP contribution is 2.19. The molecule has 0 aliphatic rings. The summed E-state index contributed by atoms with van der Waals surface area (Å²) in [6.45, 7) is 2.53. The average molecular weight is 163 g/mol. The highest BCUT2D eigenvalue weighted by molar-refractivity contribution is 5.51. The third-order valence-corrected chi connectivity index (χ3v) is 1.49. The molecule has 64 valence electrons. The molecule has 1 aromatic carbocycles. The molecule has 0 saturated carbocycles. The summed E-state index contributed by atoms with van der Waals surface area (Å²) < 4.78 is 5.37. The molecule has 0 heterocycles. The number of nitrogen functional groups attached to an aromatic ring is 1. The molecule has 0 aromatic heterocycles. The van der Waals surface area contributed by atoms with Gasteiger partial charge < -0.3 is 10.5 Å². The Bertz CT molecular complexity index is 268. The SMILES string of the molecule is CC=CCOc1ccccc1N. The van der Waals surface area contributed by atoms with Gasteiger partial charge in [0.05, 0.1) is 5.69 Å². The Labute approximate surface area is 72.7 Å². The zero-order valence-electron chi connectivity index (χ0n) is 7.16. The van der Waals surface area contributed by atoms with Gasteiger partial charge in [-0.2, -0.15) is 0 Å². The second kappa shape index (κ2) is 4.44. The van der Waals surface area contributed by atoms with Gasteiger partial charge in [0.1, 0.15) is 12.4 Å². The molecule has 0 amide bonds. The molecule has 0 spiro atoms. The van der Waals surface area contributed by atoms with E-state index in [4.69, 9.17) is 10.5 Å². The molecule has 2 nitrogen and oxygen atoms in total. The molecule has 1 rings (SSSR count). The van der Waals surface area contributed by atoms with Crippen LogP contribution in [0.15, 0.2) is 36.4 Å². The summed E-state index contributed by atoms with van der Waals surface area (Å²) in [6, 6.07) is 7.48. The van der Waals surface area contributed by atoms with Gasteiger partial charge in [-0.1, -0.05) is 24.3 Å². The molecule has 0 aliphatic heterocycles. The van der Waals surface area contributed by atoms with Crippen molar-refractivity contribution < 1.29 is 4.74 Å². The third-order valence-electron chi connectivity index (χ3n) is 1.49. The standard InChI is InChI=1S/C10H13NO/c1-2-3-8-12-10-7-5-4-6-9(10)11/h2-7H,8,11H2,1H3. The van der Waals surface area contributed by atoms with Crippen molar-refractivity contribution in [3.63, 3.8) is 0 Å². The van der Waals surface area contributed by atoms with Gasteiger partial charge in [-0.3, -0.25) is 0 Å². The number of ether oxygens (including phenoxy) is 1. The highest BCUT2D eigenvalue weighted by Gasteiger charge is 1.94. The first-order valence-electron chi connectivity index (χ1n) is 3.93. The van der Waals surface area contributed by atoms with Gasteiger partial charge in [-0.05, 0) is 19.1 Å². The van der Waals surface area contributed by atoms with Crippen LogP contribution in [0.25, 0.3) is 0 Å². The van der Waals surface area contributed by atoms with Gasteiger partial charge in [0, 0.05) is 0 Å². The monoisotopic (exact) mass is 163 g/mol. The first-order valence-corrected chi connectivity index (χ1v) is 3.93. The molecular weight excluding hydrogens is 150 g/mol. The first kappa shape index (κ1) is 8.65. The molecule has 1 aromatic rings. The third kappa shape index (κ3) is 2.31. The number of hydrogen-bond acceptors (Lipinski definition) is 2. The highest BCUT2D eigenvalue weighted by atomic mass is 16.5. The lowest BCUT2D eigenvalue weighted by Crippen LogP contribution is -1.96. The summed E-state index contributed by atoms with van der Waals surface area (Å²) in [5.41, 5.74) is 6.34. The minimum Gasteiger partial charge on any atom is -0.487 e. The van der Waals surface area contributed by atoms with Crippen LogP contribution in [0, 0.1) is 0 Å². The minimum absolute atomic E-state index is 0.574. The Morgan fingerprint density at radius 1 is 1.42 bits per heavy atom. The Morgan fingerprint density at radius 3 is 2.83 bits per heavy atom. The Kier molecular flexibility index (Phi) is 3.20. The Hall–Kier alpha value is -1.44. The van der Waals surface area contributed by atoms with E-state index in [9.17, 15) is 0 Å². The van der Waals surface area contributed by atoms with Crippen LogP contribution in [0.4, 0.5) is 5.69 Å². The van der Waals surface area contributed by atoms with Crippen molar-refractivity contribution in [3.05, 3.63) is 36.4 Å². The van der Waals surface area contributed by atoms with Crippen LogP contribution < -0.4 is 10.5 Å². The quantitative estimate of drug-likeness (QED) is 0.547. The van der Waals surface area contributed by atoms with Crippen molar-refractivity contribution in [2.45, 2.75) is 6.92 Å². The summed E-state index contributed by atoms with van der Waals surface area (Å²) in [5.74, 6) is 0.746. The molecule has 2 N–H and O–H groups in total.